The van der Waals surface area contributed by atoms with Gasteiger partial charge in [-0.05, 0) is 88.0 Å². The molecule has 1 aliphatic heterocycles. The number of fused-ring (bicyclic) bond motifs is 1. The Morgan fingerprint density at radius 3 is 2.79 bits per heavy atom. The van der Waals surface area contributed by atoms with Gasteiger partial charge in [-0.25, -0.2) is 4.79 Å². The van der Waals surface area contributed by atoms with Crippen molar-refractivity contribution in [2.45, 2.75) is 57.8 Å². The van der Waals surface area contributed by atoms with Gasteiger partial charge in [-0.2, -0.15) is 0 Å². The van der Waals surface area contributed by atoms with E-state index in [2.05, 4.69) is 18.1 Å². The van der Waals surface area contributed by atoms with Gasteiger partial charge < -0.3 is 5.73 Å². The Balaban J connectivity index is 1.59. The Hall–Kier alpha value is -1.79. The van der Waals surface area contributed by atoms with Crippen molar-refractivity contribution in [1.82, 2.24) is 0 Å². The smallest absolute Gasteiger partial charge is 0.324 e. The molecule has 0 amide bonds. The minimum atomic E-state index is -0.713. The molecule has 0 aromatic rings. The molecule has 2 N–H and O–H groups in total. The number of allylic oxidation sites excluding steroid dienone is 7. The molecule has 3 nitrogen and oxygen atoms in total. The van der Waals surface area contributed by atoms with Crippen LogP contribution in [0.5, 0.6) is 0 Å². The summed E-state index contributed by atoms with van der Waals surface area (Å²) in [6.45, 7) is 2.77. The number of rotatable bonds is 4. The molecule has 4 aliphatic rings. The van der Waals surface area contributed by atoms with Crippen LogP contribution in [-0.4, -0.2) is 31.2 Å². The van der Waals surface area contributed by atoms with Crippen LogP contribution in [0, 0.1) is 11.8 Å². The number of carbonyl (C=O) groups excluding carboxylic acids is 1. The summed E-state index contributed by atoms with van der Waals surface area (Å²) >= 11 is 0. The summed E-state index contributed by atoms with van der Waals surface area (Å²) in [7, 11) is -0.713. The SMILES string of the molecule is C=[P+](C)C(=O)C1CCC(=CC2=C=CC=NC3=C2C2=C(CC3)CC(CN)CC2)CC1. The average Bonchev–Trinajstić information content (AvgIpc) is 2.95. The first-order chi connectivity index (χ1) is 14.1. The highest BCUT2D eigenvalue weighted by atomic mass is 31.1. The van der Waals surface area contributed by atoms with Crippen LogP contribution in [0.4, 0.5) is 0 Å². The van der Waals surface area contributed by atoms with Crippen molar-refractivity contribution in [3.63, 3.8) is 0 Å². The van der Waals surface area contributed by atoms with Crippen LogP contribution in [0.25, 0.3) is 0 Å². The highest BCUT2D eigenvalue weighted by Crippen LogP contribution is 2.45. The largest absolute Gasteiger partial charge is 0.330 e. The maximum Gasteiger partial charge on any atom is 0.324 e. The van der Waals surface area contributed by atoms with E-state index in [0.29, 0.717) is 11.4 Å². The standard InChI is InChI=1S/C25H32N2OP/c1-29(2)25(28)19-8-5-17(6-9-19)14-21-4-3-13-27-23-12-10-20-15-18(16-26)7-11-22(20)24(21)23/h3,13-14,18-19H,1,5-12,15-16,26H2,2H3/q+1. The van der Waals surface area contributed by atoms with Gasteiger partial charge in [0.25, 0.3) is 0 Å². The van der Waals surface area contributed by atoms with Gasteiger partial charge >= 0.3 is 5.52 Å². The maximum absolute atomic E-state index is 12.3. The quantitative estimate of drug-likeness (QED) is 0.498. The lowest BCUT2D eigenvalue weighted by molar-refractivity contribution is -0.115. The fourth-order valence-corrected chi connectivity index (χ4v) is 6.09. The zero-order valence-corrected chi connectivity index (χ0v) is 18.4. The number of hydrogen-bond acceptors (Lipinski definition) is 3. The van der Waals surface area contributed by atoms with Crippen LogP contribution >= 0.6 is 7.55 Å². The molecule has 0 bridgehead atoms. The molecule has 2 atom stereocenters. The van der Waals surface area contributed by atoms with Crippen molar-refractivity contribution < 1.29 is 4.79 Å². The second-order valence-corrected chi connectivity index (χ2v) is 10.7. The highest BCUT2D eigenvalue weighted by molar-refractivity contribution is 7.72. The molecule has 0 radical (unpaired) electrons. The molecule has 4 rings (SSSR count). The number of nitrogens with two attached hydrogens (primary N) is 1. The number of hydrogen-bond donors (Lipinski definition) is 1. The van der Waals surface area contributed by atoms with Crippen LogP contribution in [0.3, 0.4) is 0 Å². The van der Waals surface area contributed by atoms with E-state index in [0.717, 1.165) is 57.9 Å². The van der Waals surface area contributed by atoms with Crippen molar-refractivity contribution in [1.29, 1.82) is 0 Å². The molecule has 0 saturated heterocycles. The molecular weight excluding hydrogens is 375 g/mol. The van der Waals surface area contributed by atoms with Crippen LogP contribution in [0.1, 0.15) is 57.8 Å². The molecule has 1 saturated carbocycles. The van der Waals surface area contributed by atoms with Crippen molar-refractivity contribution in [3.05, 3.63) is 51.4 Å². The first-order valence-corrected chi connectivity index (χ1v) is 13.0. The van der Waals surface area contributed by atoms with Crippen molar-refractivity contribution in [2.24, 2.45) is 22.6 Å². The monoisotopic (exact) mass is 407 g/mol. The van der Waals surface area contributed by atoms with Gasteiger partial charge in [0.2, 0.25) is 0 Å². The van der Waals surface area contributed by atoms with E-state index in [1.165, 1.54) is 34.4 Å². The Kier molecular flexibility index (Phi) is 6.30. The van der Waals surface area contributed by atoms with E-state index >= 15 is 0 Å². The number of nitrogens with zero attached hydrogens (tertiary/aromatic N) is 1. The molecule has 1 fully saturated rings. The lowest BCUT2D eigenvalue weighted by Gasteiger charge is -2.32. The summed E-state index contributed by atoms with van der Waals surface area (Å²) < 4.78 is 0. The molecule has 0 spiro atoms. The fraction of sp³-hybridized carbons (Fsp3) is 0.520. The fourth-order valence-electron chi connectivity index (χ4n) is 5.21. The third-order valence-electron chi connectivity index (χ3n) is 6.87. The first-order valence-electron chi connectivity index (χ1n) is 11.0. The lowest BCUT2D eigenvalue weighted by atomic mass is 9.74. The van der Waals surface area contributed by atoms with Gasteiger partial charge in [0.15, 0.2) is 7.55 Å². The van der Waals surface area contributed by atoms with E-state index in [1.54, 1.807) is 5.57 Å². The highest BCUT2D eigenvalue weighted by Gasteiger charge is 2.31. The van der Waals surface area contributed by atoms with Crippen LogP contribution in [0.2, 0.25) is 0 Å². The molecule has 0 aromatic carbocycles. The lowest BCUT2D eigenvalue weighted by Crippen LogP contribution is -2.22. The first kappa shape index (κ1) is 20.5. The number of aliphatic imine (C=N–C) groups is 1. The van der Waals surface area contributed by atoms with E-state index in [1.807, 2.05) is 19.0 Å². The summed E-state index contributed by atoms with van der Waals surface area (Å²) in [5, 5.41) is 0. The third-order valence-corrected chi connectivity index (χ3v) is 7.98. The van der Waals surface area contributed by atoms with E-state index in [9.17, 15) is 4.79 Å². The summed E-state index contributed by atoms with van der Waals surface area (Å²) in [4.78, 5) is 17.1. The predicted octanol–water partition coefficient (Wildman–Crippen LogP) is 5.44. The summed E-state index contributed by atoms with van der Waals surface area (Å²) in [6.07, 6.45) is 19.7. The van der Waals surface area contributed by atoms with E-state index in [4.69, 9.17) is 10.7 Å². The molecule has 4 heteroatoms. The summed E-state index contributed by atoms with van der Waals surface area (Å²) in [5.41, 5.74) is 18.2. The normalized spacial score (nSPS) is 27.2. The van der Waals surface area contributed by atoms with E-state index in [-0.39, 0.29) is 5.92 Å². The van der Waals surface area contributed by atoms with Gasteiger partial charge in [0.05, 0.1) is 12.2 Å². The zero-order valence-electron chi connectivity index (χ0n) is 17.5. The second kappa shape index (κ2) is 8.92. The molecule has 152 valence electrons. The second-order valence-electron chi connectivity index (χ2n) is 8.86. The van der Waals surface area contributed by atoms with Crippen molar-refractivity contribution >= 4 is 25.6 Å². The van der Waals surface area contributed by atoms with Crippen LogP contribution in [0.15, 0.2) is 56.4 Å². The van der Waals surface area contributed by atoms with Crippen LogP contribution < -0.4 is 5.73 Å². The van der Waals surface area contributed by atoms with Gasteiger partial charge in [-0.1, -0.05) is 11.1 Å². The predicted molar refractivity (Wildman–Crippen MR) is 125 cm³/mol. The maximum atomic E-state index is 12.3. The third kappa shape index (κ3) is 4.38. The van der Waals surface area contributed by atoms with Gasteiger partial charge in [0, 0.05) is 23.1 Å². The molecular formula is C25H32N2OP+. The molecule has 29 heavy (non-hydrogen) atoms. The van der Waals surface area contributed by atoms with Gasteiger partial charge in [-0.3, -0.25) is 4.99 Å². The molecule has 1 heterocycles. The van der Waals surface area contributed by atoms with E-state index < -0.39 is 7.55 Å². The Morgan fingerprint density at radius 1 is 1.28 bits per heavy atom. The summed E-state index contributed by atoms with van der Waals surface area (Å²) in [5.74, 6) is 0.851. The van der Waals surface area contributed by atoms with Crippen molar-refractivity contribution in [2.75, 3.05) is 13.2 Å². The topological polar surface area (TPSA) is 55.5 Å². The Bertz CT molecular complexity index is 914. The molecule has 3 aliphatic carbocycles. The number of carbonyl (C=O) groups is 1. The minimum absolute atomic E-state index is 0.216. The van der Waals surface area contributed by atoms with Gasteiger partial charge in [-0.15, -0.1) is 5.73 Å². The zero-order chi connectivity index (χ0) is 20.4. The van der Waals surface area contributed by atoms with Crippen molar-refractivity contribution in [3.8, 4) is 0 Å². The Labute approximate surface area is 175 Å². The Morgan fingerprint density at radius 2 is 2.07 bits per heavy atom. The summed E-state index contributed by atoms with van der Waals surface area (Å²) in [6, 6.07) is 0. The minimum Gasteiger partial charge on any atom is -0.330 e. The van der Waals surface area contributed by atoms with Crippen LogP contribution in [-0.2, 0) is 4.79 Å². The van der Waals surface area contributed by atoms with Gasteiger partial charge in [0.1, 0.15) is 6.66 Å². The molecule has 2 unspecified atom stereocenters. The average molecular weight is 408 g/mol. The molecule has 0 aromatic heterocycles.